The normalized spacial score (nSPS) is 16.9. The lowest BCUT2D eigenvalue weighted by molar-refractivity contribution is 0.0711. The van der Waals surface area contributed by atoms with E-state index in [9.17, 15) is 9.18 Å². The van der Waals surface area contributed by atoms with Crippen molar-refractivity contribution < 1.29 is 9.18 Å². The minimum atomic E-state index is -0.274. The number of rotatable bonds is 2. The lowest BCUT2D eigenvalue weighted by Gasteiger charge is -2.41. The molecule has 1 atom stereocenters. The van der Waals surface area contributed by atoms with Gasteiger partial charge in [-0.15, -0.1) is 0 Å². The third-order valence-electron chi connectivity index (χ3n) is 4.69. The minimum absolute atomic E-state index is 0.00259. The Morgan fingerprint density at radius 1 is 0.960 bits per heavy atom. The van der Waals surface area contributed by atoms with Crippen molar-refractivity contribution in [3.05, 3.63) is 83.9 Å². The number of amides is 1. The quantitative estimate of drug-likeness (QED) is 0.712. The van der Waals surface area contributed by atoms with Crippen molar-refractivity contribution in [3.63, 3.8) is 0 Å². The summed E-state index contributed by atoms with van der Waals surface area (Å²) in [6.45, 7) is 0. The predicted molar refractivity (Wildman–Crippen MR) is 95.4 cm³/mol. The first kappa shape index (κ1) is 15.4. The van der Waals surface area contributed by atoms with Gasteiger partial charge in [0.15, 0.2) is 0 Å². The Bertz CT molecular complexity index is 949. The number of carbonyl (C=O) groups excluding carboxylic acids is 1. The standard InChI is InChI=1S/C20H18FN3O/c1-22-18-9-4-3-8-17(18)20(25)23(2)19(22)14-10-11-24(13-14)16-7-5-6-15(21)12-16/h3-13,19H,1-2H3/t19-/m0/s1. The van der Waals surface area contributed by atoms with Crippen LogP contribution in [-0.4, -0.2) is 29.5 Å². The van der Waals surface area contributed by atoms with Crippen molar-refractivity contribution in [2.75, 3.05) is 19.0 Å². The first-order valence-electron chi connectivity index (χ1n) is 8.09. The maximum atomic E-state index is 13.5. The van der Waals surface area contributed by atoms with E-state index in [1.807, 2.05) is 60.4 Å². The molecule has 4 nitrogen and oxygen atoms in total. The van der Waals surface area contributed by atoms with Crippen LogP contribution in [0.2, 0.25) is 0 Å². The third kappa shape index (κ3) is 2.48. The van der Waals surface area contributed by atoms with Gasteiger partial charge < -0.3 is 14.4 Å². The molecular formula is C20H18FN3O. The molecule has 3 aromatic rings. The Labute approximate surface area is 145 Å². The largest absolute Gasteiger partial charge is 0.350 e. The molecule has 2 aromatic carbocycles. The fourth-order valence-corrected chi connectivity index (χ4v) is 3.46. The number of nitrogens with zero attached hydrogens (tertiary/aromatic N) is 3. The Kier molecular flexibility index (Phi) is 3.57. The van der Waals surface area contributed by atoms with Crippen LogP contribution in [0.1, 0.15) is 22.1 Å². The molecular weight excluding hydrogens is 317 g/mol. The van der Waals surface area contributed by atoms with Crippen molar-refractivity contribution in [1.82, 2.24) is 9.47 Å². The molecule has 0 radical (unpaired) electrons. The maximum Gasteiger partial charge on any atom is 0.257 e. The lowest BCUT2D eigenvalue weighted by Crippen LogP contribution is -2.45. The molecule has 1 amide bonds. The van der Waals surface area contributed by atoms with Crippen molar-refractivity contribution in [1.29, 1.82) is 0 Å². The number of para-hydroxylation sites is 1. The summed E-state index contributed by atoms with van der Waals surface area (Å²) in [7, 11) is 3.78. The van der Waals surface area contributed by atoms with Gasteiger partial charge in [0.05, 0.1) is 11.3 Å². The molecule has 2 heterocycles. The van der Waals surface area contributed by atoms with E-state index in [0.717, 1.165) is 16.9 Å². The van der Waals surface area contributed by atoms with Crippen LogP contribution in [0.5, 0.6) is 0 Å². The number of hydrogen-bond acceptors (Lipinski definition) is 2. The summed E-state index contributed by atoms with van der Waals surface area (Å²) in [5.74, 6) is -0.277. The van der Waals surface area contributed by atoms with Crippen LogP contribution in [0.3, 0.4) is 0 Å². The minimum Gasteiger partial charge on any atom is -0.350 e. The SMILES string of the molecule is CN1C(=O)c2ccccc2N(C)[C@@H]1c1ccn(-c2cccc(F)c2)c1. The zero-order valence-electron chi connectivity index (χ0n) is 14.1. The number of carbonyl (C=O) groups is 1. The highest BCUT2D eigenvalue weighted by atomic mass is 19.1. The lowest BCUT2D eigenvalue weighted by atomic mass is 10.0. The van der Waals surface area contributed by atoms with Gasteiger partial charge in [0, 0.05) is 37.7 Å². The number of fused-ring (bicyclic) bond motifs is 1. The van der Waals surface area contributed by atoms with E-state index in [2.05, 4.69) is 4.90 Å². The molecule has 0 unspecified atom stereocenters. The smallest absolute Gasteiger partial charge is 0.257 e. The summed E-state index contributed by atoms with van der Waals surface area (Å²) in [6, 6.07) is 16.0. The van der Waals surface area contributed by atoms with Crippen molar-refractivity contribution in [2.45, 2.75) is 6.17 Å². The second-order valence-corrected chi connectivity index (χ2v) is 6.25. The summed E-state index contributed by atoms with van der Waals surface area (Å²) in [5, 5.41) is 0. The molecule has 1 aliphatic rings. The monoisotopic (exact) mass is 335 g/mol. The van der Waals surface area contributed by atoms with Crippen LogP contribution in [0.25, 0.3) is 5.69 Å². The topological polar surface area (TPSA) is 28.5 Å². The third-order valence-corrected chi connectivity index (χ3v) is 4.69. The first-order chi connectivity index (χ1) is 12.1. The summed E-state index contributed by atoms with van der Waals surface area (Å²) >= 11 is 0. The maximum absolute atomic E-state index is 13.5. The van der Waals surface area contributed by atoms with Crippen molar-refractivity contribution in [2.24, 2.45) is 0 Å². The summed E-state index contributed by atoms with van der Waals surface area (Å²) in [4.78, 5) is 16.5. The molecule has 0 aliphatic carbocycles. The Balaban J connectivity index is 1.74. The molecule has 0 saturated carbocycles. The van der Waals surface area contributed by atoms with Gasteiger partial charge in [-0.1, -0.05) is 18.2 Å². The number of halogens is 1. The van der Waals surface area contributed by atoms with Gasteiger partial charge in [-0.25, -0.2) is 4.39 Å². The molecule has 0 saturated heterocycles. The Hall–Kier alpha value is -3.08. The molecule has 1 aromatic heterocycles. The molecule has 25 heavy (non-hydrogen) atoms. The number of hydrogen-bond donors (Lipinski definition) is 0. The van der Waals surface area contributed by atoms with E-state index < -0.39 is 0 Å². The van der Waals surface area contributed by atoms with Crippen molar-refractivity contribution >= 4 is 11.6 Å². The molecule has 126 valence electrons. The van der Waals surface area contributed by atoms with Crippen LogP contribution < -0.4 is 4.90 Å². The van der Waals surface area contributed by atoms with Gasteiger partial charge in [0.1, 0.15) is 12.0 Å². The van der Waals surface area contributed by atoms with E-state index in [-0.39, 0.29) is 17.9 Å². The van der Waals surface area contributed by atoms with Crippen LogP contribution in [-0.2, 0) is 0 Å². The average molecular weight is 335 g/mol. The number of benzene rings is 2. The van der Waals surface area contributed by atoms with E-state index in [1.165, 1.54) is 12.1 Å². The van der Waals surface area contributed by atoms with Gasteiger partial charge in [-0.3, -0.25) is 4.79 Å². The highest BCUT2D eigenvalue weighted by molar-refractivity contribution is 6.01. The average Bonchev–Trinajstić information content (AvgIpc) is 3.10. The van der Waals surface area contributed by atoms with Crippen LogP contribution >= 0.6 is 0 Å². The van der Waals surface area contributed by atoms with Gasteiger partial charge in [0.25, 0.3) is 5.91 Å². The summed E-state index contributed by atoms with van der Waals surface area (Å²) < 4.78 is 15.3. The zero-order valence-corrected chi connectivity index (χ0v) is 14.1. The van der Waals surface area contributed by atoms with E-state index in [4.69, 9.17) is 0 Å². The van der Waals surface area contributed by atoms with Gasteiger partial charge in [-0.2, -0.15) is 0 Å². The van der Waals surface area contributed by atoms with Gasteiger partial charge in [-0.05, 0) is 36.4 Å². The van der Waals surface area contributed by atoms with E-state index in [0.29, 0.717) is 5.56 Å². The second kappa shape index (κ2) is 5.77. The van der Waals surface area contributed by atoms with Gasteiger partial charge in [0.2, 0.25) is 0 Å². The molecule has 0 bridgehead atoms. The van der Waals surface area contributed by atoms with E-state index >= 15 is 0 Å². The molecule has 0 fully saturated rings. The highest BCUT2D eigenvalue weighted by Crippen LogP contribution is 2.36. The van der Waals surface area contributed by atoms with Crippen molar-refractivity contribution in [3.8, 4) is 5.69 Å². The van der Waals surface area contributed by atoms with Crippen LogP contribution in [0, 0.1) is 5.82 Å². The Morgan fingerprint density at radius 3 is 2.56 bits per heavy atom. The predicted octanol–water partition coefficient (Wildman–Crippen LogP) is 3.84. The number of aromatic nitrogens is 1. The molecule has 5 heteroatoms. The van der Waals surface area contributed by atoms with Crippen LogP contribution in [0.15, 0.2) is 67.0 Å². The summed E-state index contributed by atoms with van der Waals surface area (Å²) in [5.41, 5.74) is 3.33. The number of anilines is 1. The van der Waals surface area contributed by atoms with E-state index in [1.54, 1.807) is 18.0 Å². The second-order valence-electron chi connectivity index (χ2n) is 6.25. The molecule has 4 rings (SSSR count). The fraction of sp³-hybridized carbons (Fsp3) is 0.150. The molecule has 0 spiro atoms. The fourth-order valence-electron chi connectivity index (χ4n) is 3.46. The van der Waals surface area contributed by atoms with Crippen LogP contribution in [0.4, 0.5) is 10.1 Å². The molecule has 1 aliphatic heterocycles. The Morgan fingerprint density at radius 2 is 1.76 bits per heavy atom. The zero-order chi connectivity index (χ0) is 17.6. The molecule has 0 N–H and O–H groups in total. The van der Waals surface area contributed by atoms with Gasteiger partial charge >= 0.3 is 0 Å². The summed E-state index contributed by atoms with van der Waals surface area (Å²) in [6.07, 6.45) is 3.61. The first-order valence-corrected chi connectivity index (χ1v) is 8.09. The highest BCUT2D eigenvalue weighted by Gasteiger charge is 2.34.